The first-order valence-corrected chi connectivity index (χ1v) is 1.91. The van der Waals surface area contributed by atoms with E-state index in [-0.39, 0.29) is 33.4 Å². The first kappa shape index (κ1) is 98.9. The van der Waals surface area contributed by atoms with Crippen molar-refractivity contribution in [2.75, 3.05) is 0 Å². The lowest BCUT2D eigenvalue weighted by Gasteiger charge is -1.68. The Kier molecular flexibility index (Phi) is 1700. The number of hydrogen-bond acceptors (Lipinski definition) is 1. The van der Waals surface area contributed by atoms with Gasteiger partial charge in [0, 0.05) is 0 Å². The van der Waals surface area contributed by atoms with Gasteiger partial charge < -0.3 is 6.15 Å². The van der Waals surface area contributed by atoms with Crippen LogP contribution in [0.5, 0.6) is 0 Å². The van der Waals surface area contributed by atoms with Crippen LogP contribution >= 0.6 is 0 Å². The van der Waals surface area contributed by atoms with Crippen molar-refractivity contribution in [3.8, 4) is 0 Å². The molecule has 0 spiro atoms. The molecule has 3 N–H and O–H groups in total. The Morgan fingerprint density at radius 3 is 0.800 bits per heavy atom. The van der Waals surface area contributed by atoms with Gasteiger partial charge in [0.15, 0.2) is 0 Å². The van der Waals surface area contributed by atoms with Crippen LogP contribution < -0.4 is 6.15 Å². The molecule has 0 radical (unpaired) electrons. The van der Waals surface area contributed by atoms with Crippen LogP contribution in [0.15, 0.2) is 0 Å². The Labute approximate surface area is 61.2 Å². The van der Waals surface area contributed by atoms with Crippen molar-refractivity contribution < 1.29 is 18.8 Å². The van der Waals surface area contributed by atoms with Gasteiger partial charge >= 0.3 is 0 Å². The molecule has 0 amide bonds. The van der Waals surface area contributed by atoms with Crippen LogP contribution in [0.2, 0.25) is 0 Å². The van der Waals surface area contributed by atoms with Crippen LogP contribution in [0.4, 0.5) is 18.8 Å². The molecular weight excluding hydrogens is 149 g/mol. The molecule has 0 saturated carbocycles. The molecule has 0 aliphatic heterocycles. The summed E-state index contributed by atoms with van der Waals surface area (Å²) in [6.45, 7) is 4.36. The molecule has 0 saturated heterocycles. The fourth-order valence-corrected chi connectivity index (χ4v) is 0. The fraction of sp³-hybridized carbons (Fsp3) is 1.00. The maximum Gasteiger partial charge on any atom is 0.0814 e. The van der Waals surface area contributed by atoms with Gasteiger partial charge in [-0.25, -0.2) is 0 Å². The number of halogens is 4. The largest absolute Gasteiger partial charge is 0.344 e. The van der Waals surface area contributed by atoms with Gasteiger partial charge in [0.05, 0.1) is 8.41 Å². The molecule has 0 atom stereocenters. The Morgan fingerprint density at radius 1 is 0.700 bits per heavy atom. The molecule has 0 aromatic rings. The van der Waals surface area contributed by atoms with Gasteiger partial charge in [-0.1, -0.05) is 26.7 Å². The van der Waals surface area contributed by atoms with Gasteiger partial charge in [0.2, 0.25) is 0 Å². The minimum absolute atomic E-state index is 0. The summed E-state index contributed by atoms with van der Waals surface area (Å²) in [6.07, 6.45) is 2.64. The predicted octanol–water partition coefficient (Wildman–Crippen LogP) is 1.39. The highest BCUT2D eigenvalue weighted by Gasteiger charge is 1.56. The molecule has 0 aliphatic rings. The van der Waals surface area contributed by atoms with Crippen molar-refractivity contribution in [2.45, 2.75) is 26.7 Å². The lowest BCUT2D eigenvalue weighted by molar-refractivity contribution is 0.886. The van der Waals surface area contributed by atoms with Gasteiger partial charge in [0.25, 0.3) is 0 Å². The minimum atomic E-state index is 0. The molecule has 0 bridgehead atoms. The van der Waals surface area contributed by atoms with Crippen LogP contribution in [0.1, 0.15) is 26.7 Å². The molecule has 0 unspecified atom stereocenters. The van der Waals surface area contributed by atoms with Gasteiger partial charge in [-0.05, 0) is 0 Å². The molecule has 6 heteroatoms. The van der Waals surface area contributed by atoms with Crippen LogP contribution in [0.3, 0.4) is 0 Å². The second kappa shape index (κ2) is 172. The zero-order valence-corrected chi connectivity index (χ0v) is 5.75. The lowest BCUT2D eigenvalue weighted by atomic mass is 10.4. The molecule has 72 valence electrons. The van der Waals surface area contributed by atoms with Crippen molar-refractivity contribution in [3.63, 3.8) is 0 Å². The van der Waals surface area contributed by atoms with Crippen molar-refractivity contribution in [1.82, 2.24) is 6.15 Å². The summed E-state index contributed by atoms with van der Waals surface area (Å²) in [7, 11) is 0. The van der Waals surface area contributed by atoms with Crippen LogP contribution in [-0.4, -0.2) is 8.41 Å². The van der Waals surface area contributed by atoms with E-state index in [1.165, 1.54) is 12.8 Å². The lowest BCUT2D eigenvalue weighted by Crippen LogP contribution is -1.47. The third-order valence-electron chi connectivity index (χ3n) is 0.500. The number of unbranched alkanes of at least 4 members (excludes halogenated alkanes) is 1. The van der Waals surface area contributed by atoms with E-state index < -0.39 is 0 Å². The highest BCUT2D eigenvalue weighted by atomic mass is 19.0. The van der Waals surface area contributed by atoms with Crippen LogP contribution in [0.25, 0.3) is 0 Å². The van der Waals surface area contributed by atoms with Crippen molar-refractivity contribution in [3.05, 3.63) is 0 Å². The van der Waals surface area contributed by atoms with E-state index in [4.69, 9.17) is 0 Å². The zero-order valence-electron chi connectivity index (χ0n) is 5.75. The summed E-state index contributed by atoms with van der Waals surface area (Å²) in [5, 5.41) is 0. The highest BCUT2D eigenvalue weighted by Crippen LogP contribution is 1.76. The Hall–Kier alpha value is -0.255. The Bertz CT molecular complexity index is 19.2. The molecule has 0 aromatic heterocycles. The summed E-state index contributed by atoms with van der Waals surface area (Å²) in [4.78, 5) is 0. The molecule has 0 aliphatic carbocycles. The third-order valence-corrected chi connectivity index (χ3v) is 0.500. The SMILES string of the molecule is B.CCCC.F.F.F.F.N. The van der Waals surface area contributed by atoms with Crippen LogP contribution in [0, 0.1) is 0 Å². The van der Waals surface area contributed by atoms with E-state index in [0.717, 1.165) is 0 Å². The number of hydrogen-bond donors (Lipinski definition) is 1. The van der Waals surface area contributed by atoms with E-state index in [2.05, 4.69) is 13.8 Å². The average molecular weight is 169 g/mol. The van der Waals surface area contributed by atoms with Crippen molar-refractivity contribution >= 4 is 8.41 Å². The van der Waals surface area contributed by atoms with E-state index in [9.17, 15) is 0 Å². The molecule has 0 rings (SSSR count). The van der Waals surface area contributed by atoms with Crippen molar-refractivity contribution in [1.29, 1.82) is 0 Å². The molecule has 10 heavy (non-hydrogen) atoms. The van der Waals surface area contributed by atoms with Gasteiger partial charge in [-0.3, -0.25) is 18.8 Å². The summed E-state index contributed by atoms with van der Waals surface area (Å²) in [5.74, 6) is 0. The molecule has 0 aromatic carbocycles. The topological polar surface area (TPSA) is 35.0 Å². The standard InChI is InChI=1S/C4H10.BH3.4FH.H3N/c1-3-4-2;;;;;;/h3-4H2,1-2H3;1H3;4*1H;1H3. The molecule has 0 heterocycles. The monoisotopic (exact) mass is 169 g/mol. The van der Waals surface area contributed by atoms with Gasteiger partial charge in [0.1, 0.15) is 0 Å². The third kappa shape index (κ3) is 635. The smallest absolute Gasteiger partial charge is 0.0814 e. The Balaban J connectivity index is -0.00000000300. The molecule has 1 nitrogen and oxygen atoms in total. The average Bonchev–Trinajstić information content (AvgIpc) is 1.37. The number of rotatable bonds is 1. The van der Waals surface area contributed by atoms with E-state index in [0.29, 0.717) is 0 Å². The summed E-state index contributed by atoms with van der Waals surface area (Å²) < 4.78 is 0. The maximum atomic E-state index is 2.18. The second-order valence-electron chi connectivity index (χ2n) is 1.000. The highest BCUT2D eigenvalue weighted by molar-refractivity contribution is 5.75. The summed E-state index contributed by atoms with van der Waals surface area (Å²) >= 11 is 0. The first-order valence-electron chi connectivity index (χ1n) is 1.91. The minimum Gasteiger partial charge on any atom is -0.344 e. The van der Waals surface area contributed by atoms with E-state index >= 15 is 0 Å². The quantitative estimate of drug-likeness (QED) is 0.467. The van der Waals surface area contributed by atoms with Crippen molar-refractivity contribution in [2.24, 2.45) is 0 Å². The zero-order chi connectivity index (χ0) is 3.41. The second-order valence-corrected chi connectivity index (χ2v) is 1.000. The fourth-order valence-electron chi connectivity index (χ4n) is 0. The Morgan fingerprint density at radius 2 is 0.800 bits per heavy atom. The van der Waals surface area contributed by atoms with Gasteiger partial charge in [-0.2, -0.15) is 0 Å². The van der Waals surface area contributed by atoms with Gasteiger partial charge in [-0.15, -0.1) is 0 Å². The summed E-state index contributed by atoms with van der Waals surface area (Å²) in [5.41, 5.74) is 0. The van der Waals surface area contributed by atoms with E-state index in [1.54, 1.807) is 0 Å². The summed E-state index contributed by atoms with van der Waals surface area (Å²) in [6, 6.07) is 0. The normalized spacial score (nSPS) is 3.00. The van der Waals surface area contributed by atoms with Crippen LogP contribution in [-0.2, 0) is 0 Å². The molecule has 0 fully saturated rings. The predicted molar refractivity (Wildman–Crippen MR) is 45.6 cm³/mol. The molecular formula is C4H20BF4N. The van der Waals surface area contributed by atoms with E-state index in [1.807, 2.05) is 0 Å². The maximum absolute atomic E-state index is 2.18. The first-order chi connectivity index (χ1) is 1.91.